The Labute approximate surface area is 106 Å². The normalized spacial score (nSPS) is 20.8. The van der Waals surface area contributed by atoms with Crippen molar-refractivity contribution in [1.29, 1.82) is 0 Å². The minimum Gasteiger partial charge on any atom is -0.481 e. The maximum absolute atomic E-state index is 13.1. The van der Waals surface area contributed by atoms with Gasteiger partial charge in [0, 0.05) is 19.5 Å². The van der Waals surface area contributed by atoms with Gasteiger partial charge in [0.1, 0.15) is 5.82 Å². The van der Waals surface area contributed by atoms with Gasteiger partial charge in [-0.15, -0.1) is 0 Å². The van der Waals surface area contributed by atoms with Crippen molar-refractivity contribution in [2.24, 2.45) is 5.92 Å². The second-order valence-corrected chi connectivity index (χ2v) is 4.97. The van der Waals surface area contributed by atoms with Gasteiger partial charge < -0.3 is 5.11 Å². The van der Waals surface area contributed by atoms with Crippen LogP contribution in [-0.4, -0.2) is 29.1 Å². The summed E-state index contributed by atoms with van der Waals surface area (Å²) >= 11 is 0. The van der Waals surface area contributed by atoms with Gasteiger partial charge in [-0.3, -0.25) is 9.69 Å². The van der Waals surface area contributed by atoms with Gasteiger partial charge >= 0.3 is 5.97 Å². The average molecular weight is 251 g/mol. The number of piperidine rings is 1. The molecule has 1 saturated heterocycles. The van der Waals surface area contributed by atoms with Crippen molar-refractivity contribution in [3.05, 3.63) is 35.6 Å². The van der Waals surface area contributed by atoms with E-state index >= 15 is 0 Å². The van der Waals surface area contributed by atoms with Crippen LogP contribution in [-0.2, 0) is 11.3 Å². The number of rotatable bonds is 4. The zero-order chi connectivity index (χ0) is 13.0. The van der Waals surface area contributed by atoms with E-state index in [4.69, 9.17) is 5.11 Å². The van der Waals surface area contributed by atoms with Gasteiger partial charge in [-0.2, -0.15) is 0 Å². The molecule has 0 radical (unpaired) electrons. The number of carboxylic acid groups (broad SMARTS) is 1. The van der Waals surface area contributed by atoms with Crippen LogP contribution in [0.1, 0.15) is 24.8 Å². The summed E-state index contributed by atoms with van der Waals surface area (Å²) in [7, 11) is 0. The first kappa shape index (κ1) is 13.0. The molecular weight excluding hydrogens is 233 g/mol. The lowest BCUT2D eigenvalue weighted by Crippen LogP contribution is -2.35. The van der Waals surface area contributed by atoms with Crippen molar-refractivity contribution in [1.82, 2.24) is 4.90 Å². The first-order valence-corrected chi connectivity index (χ1v) is 6.32. The van der Waals surface area contributed by atoms with Gasteiger partial charge in [0.25, 0.3) is 0 Å². The molecule has 3 nitrogen and oxygen atoms in total. The van der Waals surface area contributed by atoms with Gasteiger partial charge in [0.2, 0.25) is 0 Å². The summed E-state index contributed by atoms with van der Waals surface area (Å²) in [5.41, 5.74) is 0.950. The highest BCUT2D eigenvalue weighted by atomic mass is 19.1. The van der Waals surface area contributed by atoms with Gasteiger partial charge in [0.05, 0.1) is 0 Å². The van der Waals surface area contributed by atoms with Crippen LogP contribution >= 0.6 is 0 Å². The Morgan fingerprint density at radius 3 is 3.06 bits per heavy atom. The van der Waals surface area contributed by atoms with Gasteiger partial charge in [-0.1, -0.05) is 12.1 Å². The van der Waals surface area contributed by atoms with Crippen LogP contribution < -0.4 is 0 Å². The smallest absolute Gasteiger partial charge is 0.303 e. The first-order chi connectivity index (χ1) is 8.63. The Morgan fingerprint density at radius 2 is 2.33 bits per heavy atom. The number of carbonyl (C=O) groups is 1. The number of benzene rings is 1. The van der Waals surface area contributed by atoms with Gasteiger partial charge in [-0.05, 0) is 43.0 Å². The number of nitrogens with zero attached hydrogens (tertiary/aromatic N) is 1. The minimum absolute atomic E-state index is 0.216. The number of halogens is 1. The zero-order valence-electron chi connectivity index (χ0n) is 10.3. The van der Waals surface area contributed by atoms with Crippen molar-refractivity contribution in [2.75, 3.05) is 13.1 Å². The van der Waals surface area contributed by atoms with E-state index in [-0.39, 0.29) is 18.2 Å². The molecule has 2 rings (SSSR count). The van der Waals surface area contributed by atoms with Crippen LogP contribution in [0.25, 0.3) is 0 Å². The molecule has 1 fully saturated rings. The quantitative estimate of drug-likeness (QED) is 0.894. The van der Waals surface area contributed by atoms with Crippen LogP contribution in [0, 0.1) is 11.7 Å². The average Bonchev–Trinajstić information content (AvgIpc) is 2.28. The van der Waals surface area contributed by atoms with E-state index in [0.717, 1.165) is 31.5 Å². The standard InChI is InChI=1S/C14H18FNO2/c15-13-5-1-3-11(7-13)9-16-6-2-4-12(10-16)8-14(17)18/h1,3,5,7,12H,2,4,6,8-10H2,(H,17,18). The molecule has 0 aromatic heterocycles. The van der Waals surface area contributed by atoms with Crippen molar-refractivity contribution in [3.8, 4) is 0 Å². The number of carboxylic acids is 1. The van der Waals surface area contributed by atoms with Crippen molar-refractivity contribution < 1.29 is 14.3 Å². The van der Waals surface area contributed by atoms with Gasteiger partial charge in [-0.25, -0.2) is 4.39 Å². The van der Waals surface area contributed by atoms with Crippen LogP contribution in [0.4, 0.5) is 4.39 Å². The topological polar surface area (TPSA) is 40.5 Å². The molecule has 1 aliphatic heterocycles. The Hall–Kier alpha value is -1.42. The largest absolute Gasteiger partial charge is 0.481 e. The number of hydrogen-bond acceptors (Lipinski definition) is 2. The summed E-state index contributed by atoms with van der Waals surface area (Å²) in [6, 6.07) is 6.60. The second-order valence-electron chi connectivity index (χ2n) is 4.97. The summed E-state index contributed by atoms with van der Waals surface area (Å²) in [5.74, 6) is -0.719. The molecule has 4 heteroatoms. The fraction of sp³-hybridized carbons (Fsp3) is 0.500. The Morgan fingerprint density at radius 1 is 1.50 bits per heavy atom. The van der Waals surface area contributed by atoms with Crippen molar-refractivity contribution >= 4 is 5.97 Å². The summed E-state index contributed by atoms with van der Waals surface area (Å²) in [5, 5.41) is 8.81. The predicted octanol–water partition coefficient (Wildman–Crippen LogP) is 2.51. The Balaban J connectivity index is 1.91. The number of likely N-dealkylation sites (tertiary alicyclic amines) is 1. The number of hydrogen-bond donors (Lipinski definition) is 1. The molecule has 0 amide bonds. The fourth-order valence-corrected chi connectivity index (χ4v) is 2.60. The molecule has 1 aliphatic rings. The summed E-state index contributed by atoms with van der Waals surface area (Å²) in [6.07, 6.45) is 2.23. The van der Waals surface area contributed by atoms with E-state index in [2.05, 4.69) is 4.90 Å². The molecule has 98 valence electrons. The van der Waals surface area contributed by atoms with E-state index in [0.29, 0.717) is 6.54 Å². The number of aliphatic carboxylic acids is 1. The van der Waals surface area contributed by atoms with E-state index < -0.39 is 5.97 Å². The van der Waals surface area contributed by atoms with E-state index in [1.165, 1.54) is 6.07 Å². The molecular formula is C14H18FNO2. The van der Waals surface area contributed by atoms with Crippen molar-refractivity contribution in [3.63, 3.8) is 0 Å². The molecule has 0 bridgehead atoms. The SMILES string of the molecule is O=C(O)CC1CCCN(Cc2cccc(F)c2)C1. The summed E-state index contributed by atoms with van der Waals surface area (Å²) in [6.45, 7) is 2.46. The minimum atomic E-state index is -0.729. The summed E-state index contributed by atoms with van der Waals surface area (Å²) in [4.78, 5) is 12.9. The monoisotopic (exact) mass is 251 g/mol. The Kier molecular flexibility index (Phi) is 4.31. The van der Waals surface area contributed by atoms with Crippen LogP contribution in [0.15, 0.2) is 24.3 Å². The molecule has 18 heavy (non-hydrogen) atoms. The highest BCUT2D eigenvalue weighted by Crippen LogP contribution is 2.21. The zero-order valence-corrected chi connectivity index (χ0v) is 10.3. The third-order valence-electron chi connectivity index (χ3n) is 3.36. The Bertz CT molecular complexity index is 422. The maximum atomic E-state index is 13.1. The van der Waals surface area contributed by atoms with Crippen LogP contribution in [0.3, 0.4) is 0 Å². The van der Waals surface area contributed by atoms with E-state index in [9.17, 15) is 9.18 Å². The lowest BCUT2D eigenvalue weighted by molar-refractivity contribution is -0.138. The van der Waals surface area contributed by atoms with Crippen molar-refractivity contribution in [2.45, 2.75) is 25.8 Å². The summed E-state index contributed by atoms with van der Waals surface area (Å²) < 4.78 is 13.1. The molecule has 1 aromatic carbocycles. The first-order valence-electron chi connectivity index (χ1n) is 6.32. The molecule has 0 spiro atoms. The third kappa shape index (κ3) is 3.81. The van der Waals surface area contributed by atoms with E-state index in [1.807, 2.05) is 6.07 Å². The predicted molar refractivity (Wildman–Crippen MR) is 66.7 cm³/mol. The lowest BCUT2D eigenvalue weighted by atomic mass is 9.94. The van der Waals surface area contributed by atoms with Crippen LogP contribution in [0.5, 0.6) is 0 Å². The highest BCUT2D eigenvalue weighted by Gasteiger charge is 2.21. The molecule has 0 saturated carbocycles. The maximum Gasteiger partial charge on any atom is 0.303 e. The molecule has 1 N–H and O–H groups in total. The second kappa shape index (κ2) is 5.96. The molecule has 0 aliphatic carbocycles. The third-order valence-corrected chi connectivity index (χ3v) is 3.36. The van der Waals surface area contributed by atoms with E-state index in [1.54, 1.807) is 12.1 Å². The fourth-order valence-electron chi connectivity index (χ4n) is 2.60. The van der Waals surface area contributed by atoms with Crippen LogP contribution in [0.2, 0.25) is 0 Å². The van der Waals surface area contributed by atoms with Gasteiger partial charge in [0.15, 0.2) is 0 Å². The highest BCUT2D eigenvalue weighted by molar-refractivity contribution is 5.67. The molecule has 1 heterocycles. The lowest BCUT2D eigenvalue weighted by Gasteiger charge is -2.32. The molecule has 1 unspecified atom stereocenters. The molecule has 1 aromatic rings. The molecule has 1 atom stereocenters.